The van der Waals surface area contributed by atoms with Crippen molar-refractivity contribution in [3.63, 3.8) is 0 Å². The summed E-state index contributed by atoms with van der Waals surface area (Å²) in [5.74, 6) is 0. The van der Waals surface area contributed by atoms with Gasteiger partial charge in [0.15, 0.2) is 0 Å². The number of fused-ring (bicyclic) bond motifs is 1. The van der Waals surface area contributed by atoms with Crippen molar-refractivity contribution in [2.24, 2.45) is 12.5 Å². The summed E-state index contributed by atoms with van der Waals surface area (Å²) in [6.45, 7) is 5.25. The summed E-state index contributed by atoms with van der Waals surface area (Å²) in [4.78, 5) is 5.19. The fraction of sp³-hybridized carbons (Fsp3) is 0.609. The molecule has 0 aromatic carbocycles. The lowest BCUT2D eigenvalue weighted by Crippen LogP contribution is -2.33. The van der Waals surface area contributed by atoms with E-state index in [2.05, 4.69) is 25.0 Å². The van der Waals surface area contributed by atoms with E-state index in [0.717, 1.165) is 54.6 Å². The molecule has 1 fully saturated rings. The highest BCUT2D eigenvalue weighted by molar-refractivity contribution is 5.74. The molecule has 2 heterocycles. The fourth-order valence-corrected chi connectivity index (χ4v) is 5.26. The summed E-state index contributed by atoms with van der Waals surface area (Å²) >= 11 is 0. The summed E-state index contributed by atoms with van der Waals surface area (Å²) in [6.07, 6.45) is 9.27. The van der Waals surface area contributed by atoms with Crippen molar-refractivity contribution in [2.75, 3.05) is 13.7 Å². The minimum atomic E-state index is -0.144. The normalized spacial score (nSPS) is 20.0. The van der Waals surface area contributed by atoms with Crippen molar-refractivity contribution < 1.29 is 4.74 Å². The first-order valence-corrected chi connectivity index (χ1v) is 10.3. The van der Waals surface area contributed by atoms with E-state index in [1.54, 1.807) is 7.11 Å². The Labute approximate surface area is 167 Å². The van der Waals surface area contributed by atoms with Gasteiger partial charge < -0.3 is 4.74 Å². The molecule has 0 bridgehead atoms. The molecule has 2 aromatic heterocycles. The van der Waals surface area contributed by atoms with Crippen LogP contribution in [0.4, 0.5) is 0 Å². The molecule has 0 atom stereocenters. The van der Waals surface area contributed by atoms with Crippen LogP contribution in [0.3, 0.4) is 0 Å². The van der Waals surface area contributed by atoms with Crippen molar-refractivity contribution in [1.82, 2.24) is 14.8 Å². The van der Waals surface area contributed by atoms with Crippen molar-refractivity contribution in [2.45, 2.75) is 64.2 Å². The lowest BCUT2D eigenvalue weighted by molar-refractivity contribution is 0.129. The molecule has 0 amide bonds. The third-order valence-corrected chi connectivity index (χ3v) is 6.75. The zero-order valence-corrected chi connectivity index (χ0v) is 17.5. The predicted octanol–water partition coefficient (Wildman–Crippen LogP) is 4.33. The maximum atomic E-state index is 10.3. The number of methoxy groups -OCH3 is 1. The zero-order valence-electron chi connectivity index (χ0n) is 17.5. The van der Waals surface area contributed by atoms with Gasteiger partial charge in [-0.3, -0.25) is 9.67 Å². The Morgan fingerprint density at radius 1 is 1.25 bits per heavy atom. The predicted molar refractivity (Wildman–Crippen MR) is 109 cm³/mol. The van der Waals surface area contributed by atoms with Crippen LogP contribution in [0.15, 0.2) is 12.3 Å². The SMILES string of the molecule is COCC1(c2nc3c(c(-c4ccnn4C)c2C#N)CC(C)(C)CC3)CCCC1. The van der Waals surface area contributed by atoms with Crippen molar-refractivity contribution in [1.29, 1.82) is 5.26 Å². The molecule has 1 saturated carbocycles. The standard InChI is InChI=1S/C23H30N4O/c1-22(2)11-7-18-16(13-22)20(19-8-12-25-27(19)3)17(14-24)21(26-18)23(15-28-4)9-5-6-10-23/h8,12H,5-7,9-11,13,15H2,1-4H3. The van der Waals surface area contributed by atoms with Gasteiger partial charge in [0.25, 0.3) is 0 Å². The van der Waals surface area contributed by atoms with Gasteiger partial charge >= 0.3 is 0 Å². The lowest BCUT2D eigenvalue weighted by atomic mass is 9.72. The summed E-state index contributed by atoms with van der Waals surface area (Å²) in [5, 5.41) is 14.7. The Hall–Kier alpha value is -2.19. The number of aryl methyl sites for hydroxylation is 2. The smallest absolute Gasteiger partial charge is 0.102 e. The Morgan fingerprint density at radius 3 is 2.61 bits per heavy atom. The van der Waals surface area contributed by atoms with E-state index < -0.39 is 0 Å². The summed E-state index contributed by atoms with van der Waals surface area (Å²) in [6, 6.07) is 4.59. The van der Waals surface area contributed by atoms with Gasteiger partial charge in [-0.05, 0) is 49.1 Å². The van der Waals surface area contributed by atoms with Crippen LogP contribution in [-0.4, -0.2) is 28.5 Å². The van der Waals surface area contributed by atoms with E-state index in [1.165, 1.54) is 24.1 Å². The first-order valence-electron chi connectivity index (χ1n) is 10.3. The number of nitriles is 1. The minimum absolute atomic E-state index is 0.144. The van der Waals surface area contributed by atoms with Crippen LogP contribution in [0.25, 0.3) is 11.3 Å². The number of nitrogens with zero attached hydrogens (tertiary/aromatic N) is 4. The average molecular weight is 379 g/mol. The molecule has 0 saturated heterocycles. The number of hydrogen-bond donors (Lipinski definition) is 0. The highest BCUT2D eigenvalue weighted by Gasteiger charge is 2.42. The molecule has 2 aliphatic rings. The van der Waals surface area contributed by atoms with Gasteiger partial charge in [0, 0.05) is 37.0 Å². The Balaban J connectivity index is 2.03. The monoisotopic (exact) mass is 378 g/mol. The zero-order chi connectivity index (χ0) is 19.9. The van der Waals surface area contributed by atoms with Crippen molar-refractivity contribution in [3.8, 4) is 17.3 Å². The molecule has 0 unspecified atom stereocenters. The lowest BCUT2D eigenvalue weighted by Gasteiger charge is -2.36. The number of rotatable bonds is 4. The molecular weight excluding hydrogens is 348 g/mol. The first kappa shape index (κ1) is 19.1. The third-order valence-electron chi connectivity index (χ3n) is 6.75. The molecule has 5 heteroatoms. The Morgan fingerprint density at radius 2 is 2.00 bits per heavy atom. The minimum Gasteiger partial charge on any atom is -0.384 e. The van der Waals surface area contributed by atoms with Crippen LogP contribution in [0.1, 0.15) is 68.5 Å². The van der Waals surface area contributed by atoms with Crippen LogP contribution in [0.2, 0.25) is 0 Å². The van der Waals surface area contributed by atoms with E-state index in [4.69, 9.17) is 9.72 Å². The topological polar surface area (TPSA) is 63.7 Å². The highest BCUT2D eigenvalue weighted by Crippen LogP contribution is 2.47. The first-order chi connectivity index (χ1) is 13.4. The molecule has 148 valence electrons. The van der Waals surface area contributed by atoms with Gasteiger partial charge in [-0.2, -0.15) is 10.4 Å². The molecule has 0 aliphatic heterocycles. The van der Waals surface area contributed by atoms with Gasteiger partial charge in [0.05, 0.1) is 23.6 Å². The van der Waals surface area contributed by atoms with Crippen LogP contribution in [0.5, 0.6) is 0 Å². The van der Waals surface area contributed by atoms with E-state index in [0.29, 0.717) is 6.61 Å². The maximum absolute atomic E-state index is 10.3. The fourth-order valence-electron chi connectivity index (χ4n) is 5.26. The molecular formula is C23H30N4O. The van der Waals surface area contributed by atoms with E-state index >= 15 is 0 Å². The van der Waals surface area contributed by atoms with Crippen molar-refractivity contribution >= 4 is 0 Å². The summed E-state index contributed by atoms with van der Waals surface area (Å²) in [5.41, 5.74) is 6.25. The van der Waals surface area contributed by atoms with Crippen LogP contribution >= 0.6 is 0 Å². The molecule has 2 aromatic rings. The quantitative estimate of drug-likeness (QED) is 0.794. The van der Waals surface area contributed by atoms with Gasteiger partial charge in [-0.1, -0.05) is 26.7 Å². The number of hydrogen-bond acceptors (Lipinski definition) is 4. The molecule has 0 spiro atoms. The Kier molecular flexibility index (Phi) is 4.79. The molecule has 4 rings (SSSR count). The number of aromatic nitrogens is 3. The second kappa shape index (κ2) is 7.00. The number of ether oxygens (including phenoxy) is 1. The Bertz CT molecular complexity index is 929. The van der Waals surface area contributed by atoms with Crippen molar-refractivity contribution in [3.05, 3.63) is 34.8 Å². The van der Waals surface area contributed by atoms with E-state index in [-0.39, 0.29) is 10.8 Å². The van der Waals surface area contributed by atoms with Gasteiger partial charge in [-0.25, -0.2) is 0 Å². The molecule has 2 aliphatic carbocycles. The maximum Gasteiger partial charge on any atom is 0.102 e. The van der Waals surface area contributed by atoms with Crippen LogP contribution in [0, 0.1) is 16.7 Å². The largest absolute Gasteiger partial charge is 0.384 e. The number of pyridine rings is 1. The molecule has 5 nitrogen and oxygen atoms in total. The average Bonchev–Trinajstić information content (AvgIpc) is 3.29. The van der Waals surface area contributed by atoms with E-state index in [1.807, 2.05) is 24.0 Å². The third kappa shape index (κ3) is 3.04. The van der Waals surface area contributed by atoms with E-state index in [9.17, 15) is 5.26 Å². The molecule has 28 heavy (non-hydrogen) atoms. The highest BCUT2D eigenvalue weighted by atomic mass is 16.5. The molecule has 0 radical (unpaired) electrons. The second-order valence-electron chi connectivity index (χ2n) is 9.35. The van der Waals surface area contributed by atoms with Gasteiger partial charge in [-0.15, -0.1) is 0 Å². The molecule has 0 N–H and O–H groups in total. The van der Waals surface area contributed by atoms with Gasteiger partial charge in [0.2, 0.25) is 0 Å². The second-order valence-corrected chi connectivity index (χ2v) is 9.35. The summed E-state index contributed by atoms with van der Waals surface area (Å²) in [7, 11) is 3.71. The summed E-state index contributed by atoms with van der Waals surface area (Å²) < 4.78 is 7.54. The van der Waals surface area contributed by atoms with Crippen LogP contribution in [-0.2, 0) is 30.0 Å². The van der Waals surface area contributed by atoms with Gasteiger partial charge in [0.1, 0.15) is 6.07 Å². The van der Waals surface area contributed by atoms with Crippen LogP contribution < -0.4 is 0 Å².